The summed E-state index contributed by atoms with van der Waals surface area (Å²) >= 11 is 0. The van der Waals surface area contributed by atoms with Crippen molar-refractivity contribution in [1.29, 1.82) is 0 Å². The van der Waals surface area contributed by atoms with E-state index in [2.05, 4.69) is 60.7 Å². The second kappa shape index (κ2) is 11.4. The van der Waals surface area contributed by atoms with E-state index in [9.17, 15) is 0 Å². The molecular weight excluding hydrogens is 615 g/mol. The number of hydrogen-bond donors (Lipinski definition) is 0. The molecule has 10 rings (SSSR count). The van der Waals surface area contributed by atoms with Gasteiger partial charge >= 0.3 is 0 Å². The highest BCUT2D eigenvalue weighted by Crippen LogP contribution is 2.44. The van der Waals surface area contributed by atoms with Gasteiger partial charge < -0.3 is 8.83 Å². The monoisotopic (exact) mass is 641 g/mol. The van der Waals surface area contributed by atoms with Crippen LogP contribution in [0, 0.1) is 0 Å². The third kappa shape index (κ3) is 4.52. The summed E-state index contributed by atoms with van der Waals surface area (Å²) in [7, 11) is 0. The molecule has 7 aromatic carbocycles. The lowest BCUT2D eigenvalue weighted by molar-refractivity contribution is 0.670. The standard InChI is InChI=1S/C45H27N3O2/c1-4-14-28(15-5-1)39-35(26-24-33-31-20-10-12-22-37(31)49-41(33)39)44-46-43(30-18-8-3-9-19-30)47-45(48-44)36-27-25-34-32-21-11-13-23-38(32)50-42(34)40(36)29-16-6-2-7-17-29/h1-27H. The zero-order valence-corrected chi connectivity index (χ0v) is 26.7. The number of rotatable bonds is 5. The molecule has 0 aliphatic heterocycles. The lowest BCUT2D eigenvalue weighted by Crippen LogP contribution is -2.02. The van der Waals surface area contributed by atoms with Crippen molar-refractivity contribution in [3.05, 3.63) is 164 Å². The van der Waals surface area contributed by atoms with Gasteiger partial charge in [0.1, 0.15) is 22.3 Å². The molecule has 5 nitrogen and oxygen atoms in total. The van der Waals surface area contributed by atoms with Crippen LogP contribution in [0.1, 0.15) is 0 Å². The minimum Gasteiger partial charge on any atom is -0.455 e. The van der Waals surface area contributed by atoms with Crippen LogP contribution in [0.3, 0.4) is 0 Å². The Hall–Kier alpha value is -6.85. The summed E-state index contributed by atoms with van der Waals surface area (Å²) in [6, 6.07) is 55.5. The molecule has 5 heteroatoms. The van der Waals surface area contributed by atoms with Crippen molar-refractivity contribution in [3.63, 3.8) is 0 Å². The Kier molecular flexibility index (Phi) is 6.42. The van der Waals surface area contributed by atoms with E-state index in [1.807, 2.05) is 103 Å². The fourth-order valence-corrected chi connectivity index (χ4v) is 7.07. The second-order valence-electron chi connectivity index (χ2n) is 12.3. The molecular formula is C45H27N3O2. The number of fused-ring (bicyclic) bond motifs is 6. The number of hydrogen-bond acceptors (Lipinski definition) is 5. The third-order valence-electron chi connectivity index (χ3n) is 9.37. The van der Waals surface area contributed by atoms with Gasteiger partial charge in [0.15, 0.2) is 17.5 Å². The predicted molar refractivity (Wildman–Crippen MR) is 202 cm³/mol. The van der Waals surface area contributed by atoms with Crippen LogP contribution in [-0.4, -0.2) is 15.0 Å². The highest BCUT2D eigenvalue weighted by Gasteiger charge is 2.24. The summed E-state index contributed by atoms with van der Waals surface area (Å²) in [4.78, 5) is 15.6. The first-order chi connectivity index (χ1) is 24.8. The molecule has 0 spiro atoms. The van der Waals surface area contributed by atoms with Gasteiger partial charge in [0, 0.05) is 49.4 Å². The summed E-state index contributed by atoms with van der Waals surface area (Å²) in [5.74, 6) is 1.69. The summed E-state index contributed by atoms with van der Waals surface area (Å²) in [6.45, 7) is 0. The molecule has 0 bridgehead atoms. The maximum Gasteiger partial charge on any atom is 0.164 e. The molecule has 0 N–H and O–H groups in total. The zero-order chi connectivity index (χ0) is 33.0. The lowest BCUT2D eigenvalue weighted by Gasteiger charge is -2.14. The smallest absolute Gasteiger partial charge is 0.164 e. The molecule has 0 atom stereocenters. The van der Waals surface area contributed by atoms with Crippen molar-refractivity contribution in [3.8, 4) is 56.4 Å². The molecule has 234 valence electrons. The SMILES string of the molecule is c1ccc(-c2nc(-c3ccc4c(oc5ccccc54)c3-c3ccccc3)nc(-c3ccc4c(oc5ccccc54)c3-c3ccccc3)n2)cc1. The Morgan fingerprint density at radius 2 is 0.680 bits per heavy atom. The topological polar surface area (TPSA) is 65.0 Å². The zero-order valence-electron chi connectivity index (χ0n) is 26.7. The first kappa shape index (κ1) is 28.2. The Bertz CT molecular complexity index is 2680. The fraction of sp³-hybridized carbons (Fsp3) is 0. The molecule has 50 heavy (non-hydrogen) atoms. The van der Waals surface area contributed by atoms with E-state index >= 15 is 0 Å². The molecule has 3 aromatic heterocycles. The highest BCUT2D eigenvalue weighted by atomic mass is 16.3. The van der Waals surface area contributed by atoms with Gasteiger partial charge in [-0.2, -0.15) is 0 Å². The molecule has 0 amide bonds. The van der Waals surface area contributed by atoms with Gasteiger partial charge in [0.2, 0.25) is 0 Å². The van der Waals surface area contributed by atoms with E-state index in [0.717, 1.165) is 82.8 Å². The van der Waals surface area contributed by atoms with Crippen LogP contribution in [-0.2, 0) is 0 Å². The molecule has 10 aromatic rings. The molecule has 0 unspecified atom stereocenters. The van der Waals surface area contributed by atoms with Crippen LogP contribution in [0.15, 0.2) is 173 Å². The number of nitrogens with zero attached hydrogens (tertiary/aromatic N) is 3. The van der Waals surface area contributed by atoms with E-state index in [4.69, 9.17) is 23.8 Å². The lowest BCUT2D eigenvalue weighted by atomic mass is 9.95. The van der Waals surface area contributed by atoms with Crippen LogP contribution in [0.5, 0.6) is 0 Å². The van der Waals surface area contributed by atoms with E-state index < -0.39 is 0 Å². The summed E-state index contributed by atoms with van der Waals surface area (Å²) in [5, 5.41) is 4.23. The first-order valence-electron chi connectivity index (χ1n) is 16.6. The van der Waals surface area contributed by atoms with Crippen LogP contribution >= 0.6 is 0 Å². The third-order valence-corrected chi connectivity index (χ3v) is 9.37. The summed E-state index contributed by atoms with van der Waals surface area (Å²) in [6.07, 6.45) is 0. The average molecular weight is 642 g/mol. The van der Waals surface area contributed by atoms with E-state index in [0.29, 0.717) is 17.5 Å². The van der Waals surface area contributed by atoms with Gasteiger partial charge in [-0.1, -0.05) is 127 Å². The van der Waals surface area contributed by atoms with Crippen molar-refractivity contribution in [1.82, 2.24) is 15.0 Å². The van der Waals surface area contributed by atoms with Gasteiger partial charge in [-0.05, 0) is 47.5 Å². The Balaban J connectivity index is 1.29. The number of para-hydroxylation sites is 2. The Morgan fingerprint density at radius 3 is 1.14 bits per heavy atom. The van der Waals surface area contributed by atoms with Gasteiger partial charge in [0.05, 0.1) is 0 Å². The Morgan fingerprint density at radius 1 is 0.300 bits per heavy atom. The maximum absolute atomic E-state index is 6.60. The fourth-order valence-electron chi connectivity index (χ4n) is 7.07. The molecule has 0 radical (unpaired) electrons. The molecule has 0 aliphatic rings. The van der Waals surface area contributed by atoms with Gasteiger partial charge in [0.25, 0.3) is 0 Å². The van der Waals surface area contributed by atoms with Crippen molar-refractivity contribution in [2.45, 2.75) is 0 Å². The van der Waals surface area contributed by atoms with Crippen LogP contribution in [0.25, 0.3) is 100 Å². The van der Waals surface area contributed by atoms with Gasteiger partial charge in [-0.25, -0.2) is 15.0 Å². The minimum absolute atomic E-state index is 0.554. The van der Waals surface area contributed by atoms with Crippen LogP contribution in [0.4, 0.5) is 0 Å². The minimum atomic E-state index is 0.554. The first-order valence-corrected chi connectivity index (χ1v) is 16.6. The summed E-state index contributed by atoms with van der Waals surface area (Å²) in [5.41, 5.74) is 9.79. The maximum atomic E-state index is 6.60. The number of benzene rings is 7. The van der Waals surface area contributed by atoms with E-state index in [1.165, 1.54) is 0 Å². The Labute approximate surface area is 287 Å². The van der Waals surface area contributed by atoms with Gasteiger partial charge in [-0.3, -0.25) is 0 Å². The molecule has 0 saturated heterocycles. The second-order valence-corrected chi connectivity index (χ2v) is 12.3. The van der Waals surface area contributed by atoms with Crippen LogP contribution < -0.4 is 0 Å². The number of furan rings is 2. The largest absolute Gasteiger partial charge is 0.455 e. The average Bonchev–Trinajstić information content (AvgIpc) is 3.76. The van der Waals surface area contributed by atoms with Gasteiger partial charge in [-0.15, -0.1) is 0 Å². The summed E-state index contributed by atoms with van der Waals surface area (Å²) < 4.78 is 13.2. The van der Waals surface area contributed by atoms with E-state index in [1.54, 1.807) is 0 Å². The van der Waals surface area contributed by atoms with Crippen molar-refractivity contribution >= 4 is 43.9 Å². The van der Waals surface area contributed by atoms with E-state index in [-0.39, 0.29) is 0 Å². The normalized spacial score (nSPS) is 11.6. The quantitative estimate of drug-likeness (QED) is 0.187. The number of aromatic nitrogens is 3. The molecule has 3 heterocycles. The predicted octanol–water partition coefficient (Wildman–Crippen LogP) is 12.0. The van der Waals surface area contributed by atoms with Crippen molar-refractivity contribution < 1.29 is 8.83 Å². The molecule has 0 saturated carbocycles. The van der Waals surface area contributed by atoms with Crippen molar-refractivity contribution in [2.24, 2.45) is 0 Å². The highest BCUT2D eigenvalue weighted by molar-refractivity contribution is 6.13. The molecule has 0 fully saturated rings. The van der Waals surface area contributed by atoms with Crippen molar-refractivity contribution in [2.75, 3.05) is 0 Å². The molecule has 0 aliphatic carbocycles. The van der Waals surface area contributed by atoms with Crippen LogP contribution in [0.2, 0.25) is 0 Å².